The number of carbonyl (C=O) groups is 1. The van der Waals surface area contributed by atoms with Crippen molar-refractivity contribution in [3.05, 3.63) is 72.0 Å². The number of ether oxygens (including phenoxy) is 1. The normalized spacial score (nSPS) is 19.3. The van der Waals surface area contributed by atoms with Crippen LogP contribution in [0.5, 0.6) is 0 Å². The van der Waals surface area contributed by atoms with E-state index >= 15 is 0 Å². The van der Waals surface area contributed by atoms with Gasteiger partial charge in [-0.3, -0.25) is 0 Å². The minimum absolute atomic E-state index is 0.0452. The van der Waals surface area contributed by atoms with Crippen LogP contribution in [-0.2, 0) is 14.4 Å². The highest BCUT2D eigenvalue weighted by molar-refractivity contribution is 6.08. The molecule has 0 fully saturated rings. The zero-order chi connectivity index (χ0) is 20.4. The summed E-state index contributed by atoms with van der Waals surface area (Å²) in [5.41, 5.74) is 7.06. The number of para-hydroxylation sites is 1. The van der Waals surface area contributed by atoms with Crippen LogP contribution >= 0.6 is 0 Å². The number of aliphatic hydroxyl groups is 1. The summed E-state index contributed by atoms with van der Waals surface area (Å²) in [5.74, 6) is -0.720. The van der Waals surface area contributed by atoms with Crippen molar-refractivity contribution in [3.8, 4) is 11.3 Å². The number of nitrogens with zero attached hydrogens (tertiary/aromatic N) is 2. The number of hydrogen-bond donors (Lipinski definition) is 2. The van der Waals surface area contributed by atoms with Gasteiger partial charge in [0.15, 0.2) is 11.9 Å². The molecule has 0 spiro atoms. The lowest BCUT2D eigenvalue weighted by Crippen LogP contribution is -2.45. The predicted molar refractivity (Wildman–Crippen MR) is 105 cm³/mol. The molecular formula is C21H19N3O5. The van der Waals surface area contributed by atoms with Crippen molar-refractivity contribution < 1.29 is 24.0 Å². The Hall–Kier alpha value is -3.65. The van der Waals surface area contributed by atoms with Gasteiger partial charge in [0.2, 0.25) is 0 Å². The third-order valence-electron chi connectivity index (χ3n) is 4.86. The molecule has 1 aliphatic heterocycles. The maximum absolute atomic E-state index is 12.6. The van der Waals surface area contributed by atoms with Crippen molar-refractivity contribution in [2.24, 2.45) is 5.16 Å². The van der Waals surface area contributed by atoms with E-state index in [4.69, 9.17) is 19.8 Å². The molecule has 0 bridgehead atoms. The third-order valence-corrected chi connectivity index (χ3v) is 4.86. The minimum atomic E-state index is -1.81. The molecule has 8 heteroatoms. The van der Waals surface area contributed by atoms with Gasteiger partial charge in [-0.05, 0) is 6.07 Å². The molecule has 2 heterocycles. The molecule has 4 rings (SSSR count). The van der Waals surface area contributed by atoms with E-state index in [-0.39, 0.29) is 12.2 Å². The van der Waals surface area contributed by atoms with Gasteiger partial charge in [0.1, 0.15) is 5.69 Å². The van der Waals surface area contributed by atoms with E-state index < -0.39 is 17.7 Å². The molecule has 0 saturated carbocycles. The lowest BCUT2D eigenvalue weighted by molar-refractivity contribution is -0.184. The van der Waals surface area contributed by atoms with Crippen molar-refractivity contribution in [1.82, 2.24) is 5.16 Å². The summed E-state index contributed by atoms with van der Waals surface area (Å²) in [6, 6.07) is 17.9. The number of rotatable bonds is 5. The van der Waals surface area contributed by atoms with Gasteiger partial charge in [-0.15, -0.1) is 0 Å². The highest BCUT2D eigenvalue weighted by Gasteiger charge is 2.56. The summed E-state index contributed by atoms with van der Waals surface area (Å²) in [5, 5.41) is 19.0. The van der Waals surface area contributed by atoms with Gasteiger partial charge in [0.05, 0.1) is 19.2 Å². The lowest BCUT2D eigenvalue weighted by Gasteiger charge is -2.27. The molecule has 3 aromatic rings. The molecule has 29 heavy (non-hydrogen) atoms. The second-order valence-corrected chi connectivity index (χ2v) is 6.66. The molecule has 0 amide bonds. The molecule has 0 saturated heterocycles. The van der Waals surface area contributed by atoms with E-state index in [2.05, 4.69) is 10.3 Å². The monoisotopic (exact) mass is 393 g/mol. The molecule has 1 aliphatic rings. The maximum atomic E-state index is 12.6. The quantitative estimate of drug-likeness (QED) is 0.505. The van der Waals surface area contributed by atoms with E-state index in [1.807, 2.05) is 30.3 Å². The van der Waals surface area contributed by atoms with Crippen molar-refractivity contribution in [3.63, 3.8) is 0 Å². The first-order chi connectivity index (χ1) is 14.0. The molecule has 0 unspecified atom stereocenters. The van der Waals surface area contributed by atoms with Crippen LogP contribution < -0.4 is 5.73 Å². The van der Waals surface area contributed by atoms with Crippen molar-refractivity contribution in [1.29, 1.82) is 0 Å². The number of benzene rings is 2. The number of esters is 1. The van der Waals surface area contributed by atoms with Gasteiger partial charge in [-0.25, -0.2) is 4.79 Å². The second-order valence-electron chi connectivity index (χ2n) is 6.66. The standard InChI is InChI=1S/C21H19N3O5/c1-27-20(26)21(12-17(24-29-21)14-9-5-6-10-15(14)22)19(25)18-11-16(23-28-18)13-7-3-2-4-8-13/h2-11,19,25H,12,22H2,1H3/t19-,21-/m0/s1. The van der Waals surface area contributed by atoms with Crippen molar-refractivity contribution >= 4 is 17.4 Å². The summed E-state index contributed by atoms with van der Waals surface area (Å²) < 4.78 is 10.2. The van der Waals surface area contributed by atoms with Gasteiger partial charge in [0, 0.05) is 22.9 Å². The summed E-state index contributed by atoms with van der Waals surface area (Å²) in [7, 11) is 1.21. The van der Waals surface area contributed by atoms with Gasteiger partial charge in [-0.1, -0.05) is 58.8 Å². The molecule has 1 aromatic heterocycles. The van der Waals surface area contributed by atoms with Crippen LogP contribution in [0.15, 0.2) is 70.3 Å². The van der Waals surface area contributed by atoms with Crippen LogP contribution in [0.2, 0.25) is 0 Å². The van der Waals surface area contributed by atoms with Crippen LogP contribution in [0.25, 0.3) is 11.3 Å². The van der Waals surface area contributed by atoms with E-state index in [1.54, 1.807) is 30.3 Å². The number of oxime groups is 1. The van der Waals surface area contributed by atoms with Gasteiger partial charge in [-0.2, -0.15) is 0 Å². The molecule has 2 atom stereocenters. The molecule has 0 radical (unpaired) electrons. The first-order valence-electron chi connectivity index (χ1n) is 8.93. The Morgan fingerprint density at radius 1 is 1.21 bits per heavy atom. The molecule has 148 valence electrons. The fraction of sp³-hybridized carbons (Fsp3) is 0.190. The average molecular weight is 393 g/mol. The number of carbonyl (C=O) groups excluding carboxylic acids is 1. The van der Waals surface area contributed by atoms with Gasteiger partial charge >= 0.3 is 5.97 Å². The molecule has 8 nitrogen and oxygen atoms in total. The Labute approximate surface area is 166 Å². The van der Waals surface area contributed by atoms with Gasteiger partial charge < -0.3 is 24.9 Å². The molecule has 0 aliphatic carbocycles. The Morgan fingerprint density at radius 3 is 2.66 bits per heavy atom. The number of aliphatic hydroxyl groups excluding tert-OH is 1. The first kappa shape index (κ1) is 18.7. The fourth-order valence-electron chi connectivity index (χ4n) is 3.29. The maximum Gasteiger partial charge on any atom is 0.356 e. The number of hydrogen-bond acceptors (Lipinski definition) is 8. The molecule has 3 N–H and O–H groups in total. The van der Waals surface area contributed by atoms with Crippen LogP contribution in [0.1, 0.15) is 23.8 Å². The Morgan fingerprint density at radius 2 is 1.93 bits per heavy atom. The summed E-state index contributed by atoms with van der Waals surface area (Å²) in [6.07, 6.45) is -1.54. The fourth-order valence-corrected chi connectivity index (χ4v) is 3.29. The number of anilines is 1. The first-order valence-corrected chi connectivity index (χ1v) is 8.93. The zero-order valence-corrected chi connectivity index (χ0v) is 15.6. The SMILES string of the molecule is COC(=O)[C@@]1([C@@H](O)c2cc(-c3ccccc3)no2)CC(c2ccccc2N)=NO1. The highest BCUT2D eigenvalue weighted by Crippen LogP contribution is 2.40. The zero-order valence-electron chi connectivity index (χ0n) is 15.6. The van der Waals surface area contributed by atoms with Crippen LogP contribution in [0.4, 0.5) is 5.69 Å². The summed E-state index contributed by atoms with van der Waals surface area (Å²) in [6.45, 7) is 0. The second kappa shape index (κ2) is 7.40. The number of nitrogen functional groups attached to an aromatic ring is 1. The average Bonchev–Trinajstić information content (AvgIpc) is 3.42. The molecule has 2 aromatic carbocycles. The van der Waals surface area contributed by atoms with Crippen LogP contribution in [-0.4, -0.2) is 34.7 Å². The number of aromatic nitrogens is 1. The Bertz CT molecular complexity index is 1060. The topological polar surface area (TPSA) is 120 Å². The Kier molecular flexibility index (Phi) is 4.77. The Balaban J connectivity index is 1.66. The van der Waals surface area contributed by atoms with Crippen molar-refractivity contribution in [2.75, 3.05) is 12.8 Å². The minimum Gasteiger partial charge on any atom is -0.466 e. The van der Waals surface area contributed by atoms with E-state index in [9.17, 15) is 9.90 Å². The number of nitrogens with two attached hydrogens (primary N) is 1. The van der Waals surface area contributed by atoms with E-state index in [1.165, 1.54) is 7.11 Å². The number of methoxy groups -OCH3 is 1. The summed E-state index contributed by atoms with van der Waals surface area (Å²) >= 11 is 0. The van der Waals surface area contributed by atoms with Crippen LogP contribution in [0, 0.1) is 0 Å². The lowest BCUT2D eigenvalue weighted by atomic mass is 9.87. The van der Waals surface area contributed by atoms with E-state index in [0.29, 0.717) is 22.7 Å². The predicted octanol–water partition coefficient (Wildman–Crippen LogP) is 2.69. The summed E-state index contributed by atoms with van der Waals surface area (Å²) in [4.78, 5) is 18.1. The highest BCUT2D eigenvalue weighted by atomic mass is 16.7. The molecular weight excluding hydrogens is 374 g/mol. The smallest absolute Gasteiger partial charge is 0.356 e. The third kappa shape index (κ3) is 3.23. The van der Waals surface area contributed by atoms with E-state index in [0.717, 1.165) is 5.56 Å². The van der Waals surface area contributed by atoms with Crippen LogP contribution in [0.3, 0.4) is 0 Å². The van der Waals surface area contributed by atoms with Crippen molar-refractivity contribution in [2.45, 2.75) is 18.1 Å². The largest absolute Gasteiger partial charge is 0.466 e. The van der Waals surface area contributed by atoms with Gasteiger partial charge in [0.25, 0.3) is 5.60 Å².